The first-order valence-corrected chi connectivity index (χ1v) is 11.6. The van der Waals surface area contributed by atoms with Gasteiger partial charge in [-0.3, -0.25) is 4.79 Å². The van der Waals surface area contributed by atoms with E-state index in [0.717, 1.165) is 44.6 Å². The van der Waals surface area contributed by atoms with Crippen molar-refractivity contribution >= 4 is 27.4 Å². The van der Waals surface area contributed by atoms with Crippen LogP contribution >= 0.6 is 0 Å². The number of amides is 1. The number of aryl methyl sites for hydroxylation is 1. The van der Waals surface area contributed by atoms with E-state index in [-0.39, 0.29) is 10.8 Å². The molecule has 0 bridgehead atoms. The molecule has 0 unspecified atom stereocenters. The highest BCUT2D eigenvalue weighted by Gasteiger charge is 2.29. The molecule has 2 aromatic heterocycles. The van der Waals surface area contributed by atoms with Gasteiger partial charge in [-0.1, -0.05) is 0 Å². The molecule has 4 heterocycles. The molecule has 0 aliphatic carbocycles. The Labute approximate surface area is 171 Å². The summed E-state index contributed by atoms with van der Waals surface area (Å²) in [5.41, 5.74) is 0.945. The number of rotatable bonds is 5. The molecule has 1 N–H and O–H groups in total. The Bertz CT molecular complexity index is 989. The van der Waals surface area contributed by atoms with Crippen molar-refractivity contribution in [3.8, 4) is 0 Å². The van der Waals surface area contributed by atoms with Crippen molar-refractivity contribution in [2.75, 3.05) is 36.4 Å². The van der Waals surface area contributed by atoms with E-state index in [9.17, 15) is 13.2 Å². The number of nitrogens with one attached hydrogen (secondary N) is 1. The van der Waals surface area contributed by atoms with Gasteiger partial charge in [0.1, 0.15) is 10.6 Å². The molecule has 2 saturated heterocycles. The molecule has 2 aliphatic heterocycles. The van der Waals surface area contributed by atoms with E-state index in [1.54, 1.807) is 23.9 Å². The monoisotopic (exact) mass is 417 g/mol. The van der Waals surface area contributed by atoms with E-state index < -0.39 is 10.0 Å². The minimum Gasteiger partial charge on any atom is -0.355 e. The zero-order valence-corrected chi connectivity index (χ0v) is 17.5. The summed E-state index contributed by atoms with van der Waals surface area (Å²) in [4.78, 5) is 19.8. The summed E-state index contributed by atoms with van der Waals surface area (Å²) in [5, 5.41) is 2.93. The van der Waals surface area contributed by atoms with Crippen LogP contribution in [0.25, 0.3) is 0 Å². The lowest BCUT2D eigenvalue weighted by molar-refractivity contribution is 0.101. The van der Waals surface area contributed by atoms with E-state index in [2.05, 4.69) is 15.2 Å². The molecule has 0 spiro atoms. The Kier molecular flexibility index (Phi) is 5.60. The quantitative estimate of drug-likeness (QED) is 0.807. The second-order valence-corrected chi connectivity index (χ2v) is 9.60. The van der Waals surface area contributed by atoms with Gasteiger partial charge >= 0.3 is 0 Å². The Morgan fingerprint density at radius 1 is 1.07 bits per heavy atom. The zero-order valence-electron chi connectivity index (χ0n) is 16.7. The van der Waals surface area contributed by atoms with Gasteiger partial charge in [-0.15, -0.1) is 0 Å². The van der Waals surface area contributed by atoms with Crippen molar-refractivity contribution in [3.63, 3.8) is 0 Å². The highest BCUT2D eigenvalue weighted by atomic mass is 32.2. The average Bonchev–Trinajstić information content (AvgIpc) is 3.40. The van der Waals surface area contributed by atoms with Crippen molar-refractivity contribution in [1.29, 1.82) is 0 Å². The molecular formula is C20H27N5O3S. The summed E-state index contributed by atoms with van der Waals surface area (Å²) in [6.45, 7) is 2.91. The van der Waals surface area contributed by atoms with Crippen LogP contribution in [0.5, 0.6) is 0 Å². The predicted molar refractivity (Wildman–Crippen MR) is 112 cm³/mol. The molecule has 0 atom stereocenters. The molecule has 4 rings (SSSR count). The van der Waals surface area contributed by atoms with Crippen LogP contribution in [0.3, 0.4) is 0 Å². The van der Waals surface area contributed by atoms with Crippen LogP contribution in [0.4, 0.5) is 11.5 Å². The smallest absolute Gasteiger partial charge is 0.272 e. The molecule has 29 heavy (non-hydrogen) atoms. The third-order valence-electron chi connectivity index (χ3n) is 5.61. The van der Waals surface area contributed by atoms with Crippen molar-refractivity contribution in [3.05, 3.63) is 36.3 Å². The van der Waals surface area contributed by atoms with Gasteiger partial charge in [0.25, 0.3) is 5.91 Å². The van der Waals surface area contributed by atoms with Gasteiger partial charge in [-0.25, -0.2) is 13.4 Å². The summed E-state index contributed by atoms with van der Waals surface area (Å²) in [7, 11) is -1.87. The number of hydrogen-bond donors (Lipinski definition) is 1. The molecule has 0 aromatic carbocycles. The fraction of sp³-hybridized carbons (Fsp3) is 0.500. The number of carbonyl (C=O) groups excluding carboxylic acids is 1. The number of piperidine rings is 1. The molecule has 0 saturated carbocycles. The van der Waals surface area contributed by atoms with Crippen LogP contribution in [0.2, 0.25) is 0 Å². The number of nitrogens with zero attached hydrogens (tertiary/aromatic N) is 4. The first-order valence-electron chi connectivity index (χ1n) is 10.1. The van der Waals surface area contributed by atoms with Crippen LogP contribution in [0.15, 0.2) is 35.5 Å². The maximum Gasteiger partial charge on any atom is 0.272 e. The molecule has 2 fully saturated rings. The molecular weight excluding hydrogens is 390 g/mol. The van der Waals surface area contributed by atoms with Gasteiger partial charge < -0.3 is 14.8 Å². The van der Waals surface area contributed by atoms with E-state index in [1.165, 1.54) is 23.0 Å². The van der Waals surface area contributed by atoms with Crippen molar-refractivity contribution in [2.24, 2.45) is 7.05 Å². The number of carbonyl (C=O) groups is 1. The largest absolute Gasteiger partial charge is 0.355 e. The third-order valence-corrected chi connectivity index (χ3v) is 7.47. The fourth-order valence-corrected chi connectivity index (χ4v) is 5.61. The summed E-state index contributed by atoms with van der Waals surface area (Å²) in [5.74, 6) is 0.418. The Morgan fingerprint density at radius 3 is 2.48 bits per heavy atom. The highest BCUT2D eigenvalue weighted by molar-refractivity contribution is 7.89. The minimum atomic E-state index is -3.56. The normalized spacial score (nSPS) is 18.2. The van der Waals surface area contributed by atoms with Gasteiger partial charge in [-0.05, 0) is 50.3 Å². The second kappa shape index (κ2) is 8.16. The van der Waals surface area contributed by atoms with Crippen LogP contribution in [-0.4, -0.2) is 54.4 Å². The Balaban J connectivity index is 1.56. The minimum absolute atomic E-state index is 0.162. The van der Waals surface area contributed by atoms with Gasteiger partial charge in [0.2, 0.25) is 10.0 Å². The zero-order chi connectivity index (χ0) is 20.4. The number of aromatic nitrogens is 2. The van der Waals surface area contributed by atoms with Gasteiger partial charge in [0, 0.05) is 45.6 Å². The second-order valence-electron chi connectivity index (χ2n) is 7.66. The lowest BCUT2D eigenvalue weighted by Gasteiger charge is -2.29. The summed E-state index contributed by atoms with van der Waals surface area (Å²) >= 11 is 0. The molecule has 156 valence electrons. The van der Waals surface area contributed by atoms with E-state index >= 15 is 0 Å². The van der Waals surface area contributed by atoms with E-state index in [0.29, 0.717) is 24.5 Å². The number of anilines is 2. The molecule has 1 amide bonds. The lowest BCUT2D eigenvalue weighted by Crippen LogP contribution is -2.31. The van der Waals surface area contributed by atoms with Crippen LogP contribution < -0.4 is 10.2 Å². The highest BCUT2D eigenvalue weighted by Crippen LogP contribution is 2.27. The third kappa shape index (κ3) is 4.02. The SMILES string of the molecule is Cn1cc(S(=O)(=O)N2CCCC2)cc1C(=O)Nc1cccnc1N1CCCCC1. The fourth-order valence-electron chi connectivity index (χ4n) is 4.02. The molecule has 0 radical (unpaired) electrons. The van der Waals surface area contributed by atoms with Gasteiger partial charge in [0.15, 0.2) is 5.82 Å². The number of pyridine rings is 1. The van der Waals surface area contributed by atoms with Gasteiger partial charge in [0.05, 0.1) is 5.69 Å². The topological polar surface area (TPSA) is 87.5 Å². The standard InChI is InChI=1S/C20H27N5O3S/c1-23-15-16(29(27,28)25-12-5-6-13-25)14-18(23)20(26)22-17-8-7-9-21-19(17)24-10-3-2-4-11-24/h7-9,14-15H,2-6,10-13H2,1H3,(H,22,26). The number of hydrogen-bond acceptors (Lipinski definition) is 5. The molecule has 9 heteroatoms. The molecule has 2 aromatic rings. The lowest BCUT2D eigenvalue weighted by atomic mass is 10.1. The Hall–Kier alpha value is -2.39. The maximum atomic E-state index is 12.9. The molecule has 2 aliphatic rings. The summed E-state index contributed by atoms with van der Waals surface area (Å²) < 4.78 is 28.7. The van der Waals surface area contributed by atoms with E-state index in [1.807, 2.05) is 6.07 Å². The van der Waals surface area contributed by atoms with Gasteiger partial charge in [-0.2, -0.15) is 4.31 Å². The van der Waals surface area contributed by atoms with Crippen LogP contribution in [0, 0.1) is 0 Å². The first-order chi connectivity index (χ1) is 14.0. The van der Waals surface area contributed by atoms with Crippen LogP contribution in [-0.2, 0) is 17.1 Å². The van der Waals surface area contributed by atoms with E-state index in [4.69, 9.17) is 0 Å². The average molecular weight is 418 g/mol. The van der Waals surface area contributed by atoms with Crippen molar-refractivity contribution in [1.82, 2.24) is 13.9 Å². The number of sulfonamides is 1. The summed E-state index contributed by atoms with van der Waals surface area (Å²) in [6, 6.07) is 5.08. The van der Waals surface area contributed by atoms with Crippen LogP contribution in [0.1, 0.15) is 42.6 Å². The van der Waals surface area contributed by atoms with Crippen molar-refractivity contribution < 1.29 is 13.2 Å². The first kappa shape index (κ1) is 19.9. The predicted octanol–water partition coefficient (Wildman–Crippen LogP) is 2.45. The molecule has 8 nitrogen and oxygen atoms in total. The Morgan fingerprint density at radius 2 is 1.76 bits per heavy atom. The summed E-state index contributed by atoms with van der Waals surface area (Å²) in [6.07, 6.45) is 8.42. The van der Waals surface area contributed by atoms with Crippen molar-refractivity contribution in [2.45, 2.75) is 37.0 Å². The maximum absolute atomic E-state index is 12.9.